The molecule has 1 saturated heterocycles. The summed E-state index contributed by atoms with van der Waals surface area (Å²) < 4.78 is 0. The minimum absolute atomic E-state index is 0.116. The van der Waals surface area contributed by atoms with Gasteiger partial charge in [0.05, 0.1) is 11.6 Å². The second-order valence-electron chi connectivity index (χ2n) is 8.35. The molecule has 0 aliphatic carbocycles. The van der Waals surface area contributed by atoms with Crippen LogP contribution < -0.4 is 0 Å². The van der Waals surface area contributed by atoms with Crippen molar-refractivity contribution in [2.45, 2.75) is 46.6 Å². The summed E-state index contributed by atoms with van der Waals surface area (Å²) in [6.45, 7) is 8.43. The molecule has 4 rings (SSSR count). The first-order valence-electron chi connectivity index (χ1n) is 10.8. The molecule has 5 heteroatoms. The van der Waals surface area contributed by atoms with Gasteiger partial charge in [-0.05, 0) is 50.5 Å². The molecular weight excluding hydrogens is 388 g/mol. The summed E-state index contributed by atoms with van der Waals surface area (Å²) in [6, 6.07) is 12.8. The first-order chi connectivity index (χ1) is 14.8. The third-order valence-corrected chi connectivity index (χ3v) is 6.29. The molecule has 1 atom stereocenters. The Labute approximate surface area is 182 Å². The van der Waals surface area contributed by atoms with Gasteiger partial charge < -0.3 is 15.0 Å². The van der Waals surface area contributed by atoms with Crippen LogP contribution in [0.15, 0.2) is 48.0 Å². The van der Waals surface area contributed by atoms with Gasteiger partial charge in [-0.1, -0.05) is 43.7 Å². The number of para-hydroxylation sites is 1. The summed E-state index contributed by atoms with van der Waals surface area (Å²) in [7, 11) is 0. The van der Waals surface area contributed by atoms with Crippen molar-refractivity contribution in [2.75, 3.05) is 6.54 Å². The van der Waals surface area contributed by atoms with Crippen LogP contribution in [0.5, 0.6) is 0 Å². The number of hydrogen-bond acceptors (Lipinski definition) is 3. The fraction of sp³-hybridized carbons (Fsp3) is 0.308. The number of ketones is 1. The Kier molecular flexibility index (Phi) is 5.44. The van der Waals surface area contributed by atoms with Crippen LogP contribution in [-0.2, 0) is 9.59 Å². The minimum Gasteiger partial charge on any atom is -0.507 e. The third-order valence-electron chi connectivity index (χ3n) is 6.29. The number of carbonyl (C=O) groups excluding carboxylic acids is 2. The van der Waals surface area contributed by atoms with Gasteiger partial charge >= 0.3 is 0 Å². The highest BCUT2D eigenvalue weighted by atomic mass is 16.3. The quantitative estimate of drug-likeness (QED) is 0.336. The SMILES string of the molecule is CCCCN1C(=O)C(=O)/C(=C(/O)c2ccc(C)c(C)c2)C1c1c(C)[nH]c2ccccc12. The van der Waals surface area contributed by atoms with Gasteiger partial charge in [-0.2, -0.15) is 0 Å². The van der Waals surface area contributed by atoms with Gasteiger partial charge in [0.15, 0.2) is 0 Å². The molecule has 1 aromatic heterocycles. The van der Waals surface area contributed by atoms with Crippen molar-refractivity contribution in [1.82, 2.24) is 9.88 Å². The van der Waals surface area contributed by atoms with E-state index in [1.54, 1.807) is 11.0 Å². The molecule has 1 unspecified atom stereocenters. The zero-order valence-corrected chi connectivity index (χ0v) is 18.5. The van der Waals surface area contributed by atoms with E-state index in [1.807, 2.05) is 57.2 Å². The van der Waals surface area contributed by atoms with Gasteiger partial charge in [-0.25, -0.2) is 0 Å². The Morgan fingerprint density at radius 1 is 1.06 bits per heavy atom. The van der Waals surface area contributed by atoms with Gasteiger partial charge in [-0.15, -0.1) is 0 Å². The van der Waals surface area contributed by atoms with Crippen LogP contribution in [0.4, 0.5) is 0 Å². The maximum absolute atomic E-state index is 13.2. The molecule has 5 nitrogen and oxygen atoms in total. The molecule has 0 spiro atoms. The van der Waals surface area contributed by atoms with E-state index in [0.717, 1.165) is 46.1 Å². The highest BCUT2D eigenvalue weighted by Crippen LogP contribution is 2.43. The van der Waals surface area contributed by atoms with Crippen molar-refractivity contribution in [2.24, 2.45) is 0 Å². The zero-order chi connectivity index (χ0) is 22.3. The van der Waals surface area contributed by atoms with Crippen molar-refractivity contribution in [3.05, 3.63) is 76.0 Å². The standard InChI is InChI=1S/C26H28N2O3/c1-5-6-13-28-23(21-17(4)27-20-10-8-7-9-19(20)21)22(25(30)26(28)31)24(29)18-12-11-15(2)16(3)14-18/h7-12,14,23,27,29H,5-6,13H2,1-4H3/b24-22+. The molecule has 2 aromatic carbocycles. The number of carbonyl (C=O) groups is 2. The average molecular weight is 417 g/mol. The van der Waals surface area contributed by atoms with E-state index in [9.17, 15) is 14.7 Å². The predicted molar refractivity (Wildman–Crippen MR) is 123 cm³/mol. The Bertz CT molecular complexity index is 1220. The molecule has 0 saturated carbocycles. The number of aryl methyl sites for hydroxylation is 3. The van der Waals surface area contributed by atoms with Crippen LogP contribution in [0.1, 0.15) is 53.8 Å². The van der Waals surface area contributed by atoms with E-state index in [1.165, 1.54) is 0 Å². The largest absolute Gasteiger partial charge is 0.507 e. The topological polar surface area (TPSA) is 73.4 Å². The molecule has 2 heterocycles. The highest BCUT2D eigenvalue weighted by Gasteiger charge is 2.47. The number of nitrogens with zero attached hydrogens (tertiary/aromatic N) is 1. The third kappa shape index (κ3) is 3.44. The van der Waals surface area contributed by atoms with Crippen LogP contribution in [0.3, 0.4) is 0 Å². The Morgan fingerprint density at radius 2 is 1.81 bits per heavy atom. The number of nitrogens with one attached hydrogen (secondary N) is 1. The number of fused-ring (bicyclic) bond motifs is 1. The van der Waals surface area contributed by atoms with Crippen LogP contribution >= 0.6 is 0 Å². The molecule has 2 N–H and O–H groups in total. The van der Waals surface area contributed by atoms with Gasteiger partial charge in [0.1, 0.15) is 5.76 Å². The lowest BCUT2D eigenvalue weighted by Crippen LogP contribution is -2.30. The summed E-state index contributed by atoms with van der Waals surface area (Å²) in [5, 5.41) is 12.2. The molecule has 1 amide bonds. The Morgan fingerprint density at radius 3 is 2.52 bits per heavy atom. The summed E-state index contributed by atoms with van der Waals surface area (Å²) in [4.78, 5) is 31.2. The van der Waals surface area contributed by atoms with E-state index in [4.69, 9.17) is 0 Å². The van der Waals surface area contributed by atoms with Crippen molar-refractivity contribution in [3.8, 4) is 0 Å². The van der Waals surface area contributed by atoms with E-state index in [2.05, 4.69) is 11.9 Å². The van der Waals surface area contributed by atoms with Crippen LogP contribution in [0.2, 0.25) is 0 Å². The minimum atomic E-state index is -0.624. The lowest BCUT2D eigenvalue weighted by atomic mass is 9.92. The summed E-state index contributed by atoms with van der Waals surface area (Å²) >= 11 is 0. The fourth-order valence-electron chi connectivity index (χ4n) is 4.43. The van der Waals surface area contributed by atoms with E-state index in [0.29, 0.717) is 12.1 Å². The van der Waals surface area contributed by atoms with Gasteiger partial charge in [0.2, 0.25) is 0 Å². The van der Waals surface area contributed by atoms with Gasteiger partial charge in [0, 0.05) is 34.3 Å². The van der Waals surface area contributed by atoms with Crippen molar-refractivity contribution >= 4 is 28.4 Å². The molecule has 31 heavy (non-hydrogen) atoms. The number of aliphatic hydroxyl groups excluding tert-OH is 1. The number of Topliss-reactive ketones (excluding diaryl/α,β-unsaturated/α-hetero) is 1. The number of amides is 1. The van der Waals surface area contributed by atoms with Gasteiger partial charge in [-0.3, -0.25) is 9.59 Å². The monoisotopic (exact) mass is 416 g/mol. The normalized spacial score (nSPS) is 18.3. The number of aromatic amines is 1. The number of likely N-dealkylation sites (tertiary alicyclic amines) is 1. The molecule has 1 aliphatic rings. The molecule has 160 valence electrons. The fourth-order valence-corrected chi connectivity index (χ4v) is 4.43. The summed E-state index contributed by atoms with van der Waals surface area (Å²) in [5.74, 6) is -1.29. The lowest BCUT2D eigenvalue weighted by Gasteiger charge is -2.25. The predicted octanol–water partition coefficient (Wildman–Crippen LogP) is 5.31. The zero-order valence-electron chi connectivity index (χ0n) is 18.5. The number of benzene rings is 2. The van der Waals surface area contributed by atoms with Crippen LogP contribution in [0, 0.1) is 20.8 Å². The first-order valence-corrected chi connectivity index (χ1v) is 10.8. The number of hydrogen-bond donors (Lipinski definition) is 2. The highest BCUT2D eigenvalue weighted by molar-refractivity contribution is 6.46. The lowest BCUT2D eigenvalue weighted by molar-refractivity contribution is -0.139. The van der Waals surface area contributed by atoms with E-state index < -0.39 is 17.7 Å². The first kappa shape index (κ1) is 20.9. The number of aliphatic hydroxyl groups is 1. The molecule has 3 aromatic rings. The van der Waals surface area contributed by atoms with Crippen molar-refractivity contribution < 1.29 is 14.7 Å². The number of unbranched alkanes of at least 4 members (excludes halogenated alkanes) is 1. The van der Waals surface area contributed by atoms with E-state index >= 15 is 0 Å². The molecule has 1 aliphatic heterocycles. The second-order valence-corrected chi connectivity index (χ2v) is 8.35. The maximum atomic E-state index is 13.2. The number of aromatic nitrogens is 1. The maximum Gasteiger partial charge on any atom is 0.295 e. The Hall–Kier alpha value is -3.34. The van der Waals surface area contributed by atoms with Crippen LogP contribution in [0.25, 0.3) is 16.7 Å². The number of rotatable bonds is 5. The summed E-state index contributed by atoms with van der Waals surface area (Å²) in [5.41, 5.74) is 5.54. The van der Waals surface area contributed by atoms with E-state index in [-0.39, 0.29) is 11.3 Å². The van der Waals surface area contributed by atoms with Gasteiger partial charge in [0.25, 0.3) is 11.7 Å². The number of H-pyrrole nitrogens is 1. The average Bonchev–Trinajstić information content (AvgIpc) is 3.20. The molecule has 1 fully saturated rings. The van der Waals surface area contributed by atoms with Crippen LogP contribution in [-0.4, -0.2) is 33.2 Å². The second kappa shape index (κ2) is 8.06. The van der Waals surface area contributed by atoms with Crippen molar-refractivity contribution in [3.63, 3.8) is 0 Å². The smallest absolute Gasteiger partial charge is 0.295 e. The van der Waals surface area contributed by atoms with Crippen molar-refractivity contribution in [1.29, 1.82) is 0 Å². The summed E-state index contributed by atoms with van der Waals surface area (Å²) in [6.07, 6.45) is 1.69. The molecule has 0 radical (unpaired) electrons. The molecule has 0 bridgehead atoms. The molecular formula is C26H28N2O3. The Balaban J connectivity index is 1.97.